The Morgan fingerprint density at radius 1 is 1.21 bits per heavy atom. The quantitative estimate of drug-likeness (QED) is 0.206. The van der Waals surface area contributed by atoms with Crippen molar-refractivity contribution in [3.63, 3.8) is 0 Å². The molecule has 0 aromatic heterocycles. The fraction of sp³-hybridized carbons (Fsp3) is 0.619. The van der Waals surface area contributed by atoms with E-state index in [4.69, 9.17) is 14.3 Å². The molecule has 2 aromatic carbocycles. The normalized spacial score (nSPS) is 28.4. The smallest absolute Gasteiger partial charge is 0.255 e. The maximum absolute atomic E-state index is 14.3. The third-order valence-electron chi connectivity index (χ3n) is 12.5. The zero-order valence-corrected chi connectivity index (χ0v) is 32.8. The van der Waals surface area contributed by atoms with Crippen molar-refractivity contribution in [1.29, 1.82) is 0 Å². The van der Waals surface area contributed by atoms with E-state index >= 15 is 0 Å². The molecule has 0 spiro atoms. The van der Waals surface area contributed by atoms with Crippen LogP contribution in [-0.4, -0.2) is 103 Å². The lowest BCUT2D eigenvalue weighted by molar-refractivity contribution is -0.183. The van der Waals surface area contributed by atoms with Gasteiger partial charge in [0.2, 0.25) is 5.91 Å². The molecule has 0 radical (unpaired) electrons. The number of nitrogens with one attached hydrogen (secondary N) is 2. The van der Waals surface area contributed by atoms with Gasteiger partial charge in [-0.15, -0.1) is 6.58 Å². The summed E-state index contributed by atoms with van der Waals surface area (Å²) in [6.07, 6.45) is 1.81. The zero-order valence-electron chi connectivity index (χ0n) is 32.8. The van der Waals surface area contributed by atoms with Crippen LogP contribution in [0.1, 0.15) is 75.4 Å². The summed E-state index contributed by atoms with van der Waals surface area (Å²) in [5.74, 6) is 1.59. The fourth-order valence-electron chi connectivity index (χ4n) is 9.75. The predicted molar refractivity (Wildman–Crippen MR) is 204 cm³/mol. The van der Waals surface area contributed by atoms with E-state index in [1.807, 2.05) is 50.2 Å². The maximum Gasteiger partial charge on any atom is 0.255 e. The predicted octanol–water partition coefficient (Wildman–Crippen LogP) is 4.58. The van der Waals surface area contributed by atoms with Gasteiger partial charge in [-0.2, -0.15) is 5.06 Å². The molecule has 11 heteroatoms. The van der Waals surface area contributed by atoms with Gasteiger partial charge in [0, 0.05) is 42.1 Å². The van der Waals surface area contributed by atoms with Crippen LogP contribution >= 0.6 is 0 Å². The number of hydrogen-bond acceptors (Lipinski definition) is 9. The van der Waals surface area contributed by atoms with Gasteiger partial charge >= 0.3 is 0 Å². The van der Waals surface area contributed by atoms with Gasteiger partial charge in [0.05, 0.1) is 38.5 Å². The zero-order chi connectivity index (χ0) is 38.4. The number of carbonyl (C=O) groups is 2. The summed E-state index contributed by atoms with van der Waals surface area (Å²) in [5.41, 5.74) is 5.04. The Morgan fingerprint density at radius 3 is 2.58 bits per heavy atom. The molecule has 2 heterocycles. The summed E-state index contributed by atoms with van der Waals surface area (Å²) in [6, 6.07) is 8.81. The molecule has 290 valence electrons. The number of ether oxygens (including phenoxy) is 2. The third kappa shape index (κ3) is 7.73. The third-order valence-corrected chi connectivity index (χ3v) is 12.5. The van der Waals surface area contributed by atoms with Crippen LogP contribution in [0.5, 0.6) is 11.5 Å². The van der Waals surface area contributed by atoms with Crippen molar-refractivity contribution >= 4 is 11.8 Å². The van der Waals surface area contributed by atoms with Crippen molar-refractivity contribution in [1.82, 2.24) is 20.6 Å². The molecule has 0 unspecified atom stereocenters. The standard InChI is InChI=1S/C42H60N4O7/c1-23(2)15-30(21-45(7)8)43-40(49)32-17-28(16-26-13-14-52-39(26)32)31-12-10-11-27(38(31)51-9)20-46-37(36(25(4)48)35(22-47)53-46)41(50)44-34-19-29-18-33(24(34)3)42(29,5)6/h10-12,16-17,24-25,29-30,33-37,47-48H,1,13-15,18-22H2,2-9H3,(H,43,49)(H,44,50)/t24-,25-,29+,30-,33-,34-,35-,36+,37-/m0/s1. The number of fused-ring (bicyclic) bond motifs is 3. The highest BCUT2D eigenvalue weighted by Gasteiger charge is 2.57. The van der Waals surface area contributed by atoms with Crippen LogP contribution < -0.4 is 20.1 Å². The van der Waals surface area contributed by atoms with Crippen molar-refractivity contribution in [3.8, 4) is 22.6 Å². The van der Waals surface area contributed by atoms with Gasteiger partial charge in [0.1, 0.15) is 23.6 Å². The minimum atomic E-state index is -0.900. The van der Waals surface area contributed by atoms with Crippen molar-refractivity contribution < 1.29 is 34.1 Å². The minimum absolute atomic E-state index is 0.0379. The van der Waals surface area contributed by atoms with E-state index in [0.29, 0.717) is 60.8 Å². The Hall–Kier alpha value is -3.48. The first-order chi connectivity index (χ1) is 25.1. The second kappa shape index (κ2) is 15.7. The molecule has 53 heavy (non-hydrogen) atoms. The highest BCUT2D eigenvalue weighted by Crippen LogP contribution is 2.61. The summed E-state index contributed by atoms with van der Waals surface area (Å²) >= 11 is 0. The number of rotatable bonds is 14. The SMILES string of the molecule is C=C(C)C[C@@H](CN(C)C)NC(=O)c1cc(-c2cccc(CN3O[C@@H](CO)[C@@H]([C@H](C)O)[C@H]3C(=O)N[C@H]3C[C@H]4C[C@@H]([C@@H]3C)C4(C)C)c2OC)cc2c1OCC2. The number of aliphatic hydroxyl groups is 2. The second-order valence-electron chi connectivity index (χ2n) is 16.9. The average Bonchev–Trinajstić information content (AvgIpc) is 3.72. The number of benzene rings is 2. The van der Waals surface area contributed by atoms with E-state index < -0.39 is 24.2 Å². The Morgan fingerprint density at radius 2 is 1.96 bits per heavy atom. The Labute approximate surface area is 315 Å². The molecule has 5 aliphatic rings. The van der Waals surface area contributed by atoms with E-state index in [0.717, 1.165) is 34.2 Å². The van der Waals surface area contributed by atoms with Crippen molar-refractivity contribution in [2.75, 3.05) is 41.0 Å². The van der Waals surface area contributed by atoms with Crippen molar-refractivity contribution in [2.45, 2.75) is 97.2 Å². The molecule has 3 aliphatic carbocycles. The molecule has 9 atom stereocenters. The number of hydroxylamine groups is 2. The minimum Gasteiger partial charge on any atom is -0.496 e. The van der Waals surface area contributed by atoms with Crippen LogP contribution in [0, 0.1) is 29.1 Å². The number of para-hydroxylation sites is 1. The summed E-state index contributed by atoms with van der Waals surface area (Å²) in [7, 11) is 5.57. The van der Waals surface area contributed by atoms with Gasteiger partial charge in [-0.05, 0) is 93.6 Å². The van der Waals surface area contributed by atoms with Crippen LogP contribution in [0.4, 0.5) is 0 Å². The van der Waals surface area contributed by atoms with Crippen LogP contribution in [0.15, 0.2) is 42.5 Å². The van der Waals surface area contributed by atoms with Crippen LogP contribution in [0.3, 0.4) is 0 Å². The summed E-state index contributed by atoms with van der Waals surface area (Å²) in [5, 5.41) is 29.5. The number of aliphatic hydroxyl groups excluding tert-OH is 2. The van der Waals surface area contributed by atoms with E-state index in [9.17, 15) is 19.8 Å². The highest BCUT2D eigenvalue weighted by molar-refractivity contribution is 5.99. The number of nitrogens with zero attached hydrogens (tertiary/aromatic N) is 2. The van der Waals surface area contributed by atoms with Crippen molar-refractivity contribution in [3.05, 3.63) is 59.2 Å². The summed E-state index contributed by atoms with van der Waals surface area (Å²) < 4.78 is 12.1. The maximum atomic E-state index is 14.3. The van der Waals surface area contributed by atoms with E-state index in [-0.39, 0.29) is 42.5 Å². The second-order valence-corrected chi connectivity index (χ2v) is 16.9. The molecular weight excluding hydrogens is 672 g/mol. The van der Waals surface area contributed by atoms with Crippen LogP contribution in [0.25, 0.3) is 11.1 Å². The summed E-state index contributed by atoms with van der Waals surface area (Å²) in [4.78, 5) is 36.5. The van der Waals surface area contributed by atoms with Gasteiger partial charge < -0.3 is 35.2 Å². The largest absolute Gasteiger partial charge is 0.496 e. The molecule has 3 saturated carbocycles. The summed E-state index contributed by atoms with van der Waals surface area (Å²) in [6.45, 7) is 15.6. The van der Waals surface area contributed by atoms with Crippen LogP contribution in [-0.2, 0) is 22.6 Å². The van der Waals surface area contributed by atoms with E-state index in [2.05, 4.69) is 44.1 Å². The molecular formula is C42H60N4O7. The van der Waals surface area contributed by atoms with Crippen molar-refractivity contribution in [2.24, 2.45) is 29.1 Å². The van der Waals surface area contributed by atoms with Gasteiger partial charge in [-0.1, -0.05) is 44.5 Å². The number of methoxy groups -OCH3 is 1. The Balaban J connectivity index is 1.29. The van der Waals surface area contributed by atoms with E-state index in [1.165, 1.54) is 6.42 Å². The number of carbonyl (C=O) groups excluding carboxylic acids is 2. The molecule has 2 aromatic rings. The van der Waals surface area contributed by atoms with Gasteiger partial charge in [-0.3, -0.25) is 14.4 Å². The topological polar surface area (TPSA) is 133 Å². The molecule has 4 N–H and O–H groups in total. The number of amides is 2. The Kier molecular flexibility index (Phi) is 11.6. The first-order valence-corrected chi connectivity index (χ1v) is 19.2. The monoisotopic (exact) mass is 732 g/mol. The lowest BCUT2D eigenvalue weighted by atomic mass is 9.45. The molecule has 2 amide bonds. The van der Waals surface area contributed by atoms with Crippen LogP contribution in [0.2, 0.25) is 0 Å². The van der Waals surface area contributed by atoms with Gasteiger partial charge in [0.15, 0.2) is 0 Å². The van der Waals surface area contributed by atoms with E-state index in [1.54, 1.807) is 19.1 Å². The van der Waals surface area contributed by atoms with Gasteiger partial charge in [0.25, 0.3) is 5.91 Å². The first kappa shape index (κ1) is 39.2. The lowest BCUT2D eigenvalue weighted by Gasteiger charge is -2.62. The molecule has 7 rings (SSSR count). The lowest BCUT2D eigenvalue weighted by Crippen LogP contribution is -2.62. The first-order valence-electron chi connectivity index (χ1n) is 19.2. The molecule has 1 saturated heterocycles. The van der Waals surface area contributed by atoms with Gasteiger partial charge in [-0.25, -0.2) is 0 Å². The molecule has 4 fully saturated rings. The molecule has 2 aliphatic heterocycles. The average molecular weight is 733 g/mol. The Bertz CT molecular complexity index is 1690. The fourth-order valence-corrected chi connectivity index (χ4v) is 9.75. The highest BCUT2D eigenvalue weighted by atomic mass is 16.7. The number of likely N-dealkylation sites (N-methyl/N-ethyl adjacent to an activating group) is 1. The molecule has 11 nitrogen and oxygen atoms in total. The molecule has 2 bridgehead atoms. The number of hydrogen-bond donors (Lipinski definition) is 4.